The van der Waals surface area contributed by atoms with Crippen molar-refractivity contribution >= 4 is 5.78 Å². The summed E-state index contributed by atoms with van der Waals surface area (Å²) < 4.78 is 15.1. The molecule has 1 aliphatic rings. The van der Waals surface area contributed by atoms with Crippen LogP contribution in [0.5, 0.6) is 0 Å². The summed E-state index contributed by atoms with van der Waals surface area (Å²) in [4.78, 5) is 12.3. The second-order valence-electron chi connectivity index (χ2n) is 4.78. The molecule has 0 radical (unpaired) electrons. The lowest BCUT2D eigenvalue weighted by Gasteiger charge is -2.20. The molecule has 3 rings (SSSR count). The zero-order chi connectivity index (χ0) is 12.8. The zero-order valence-corrected chi connectivity index (χ0v) is 10.1. The van der Waals surface area contributed by atoms with Gasteiger partial charge in [0.2, 0.25) is 11.5 Å². The highest BCUT2D eigenvalue weighted by Gasteiger charge is 2.47. The molecular formula is C16H13FO. The molecule has 0 saturated carbocycles. The first-order chi connectivity index (χ1) is 8.63. The molecule has 0 N–H and O–H groups in total. The van der Waals surface area contributed by atoms with Crippen molar-refractivity contribution < 1.29 is 9.18 Å². The summed E-state index contributed by atoms with van der Waals surface area (Å²) in [5.74, 6) is -0.410. The molecule has 0 saturated heterocycles. The number of halogens is 1. The number of rotatable bonds is 1. The molecule has 2 heteroatoms. The van der Waals surface area contributed by atoms with Gasteiger partial charge in [0.15, 0.2) is 0 Å². The quantitative estimate of drug-likeness (QED) is 0.744. The Morgan fingerprint density at radius 2 is 1.72 bits per heavy atom. The Labute approximate surface area is 105 Å². The number of carbonyl (C=O) groups is 1. The van der Waals surface area contributed by atoms with Crippen LogP contribution in [0.15, 0.2) is 48.5 Å². The fourth-order valence-electron chi connectivity index (χ4n) is 2.69. The van der Waals surface area contributed by atoms with Crippen molar-refractivity contribution in [3.63, 3.8) is 0 Å². The van der Waals surface area contributed by atoms with Gasteiger partial charge in [0.25, 0.3) is 0 Å². The second-order valence-corrected chi connectivity index (χ2v) is 4.78. The van der Waals surface area contributed by atoms with Crippen LogP contribution in [0.2, 0.25) is 0 Å². The SMILES string of the molecule is Cc1ccccc1[C@]1(F)Cc2ccccc2C1=O. The van der Waals surface area contributed by atoms with Gasteiger partial charge in [0, 0.05) is 17.5 Å². The minimum atomic E-state index is -1.89. The smallest absolute Gasteiger partial charge is 0.205 e. The zero-order valence-electron chi connectivity index (χ0n) is 10.1. The Balaban J connectivity index is 2.15. The number of Topliss-reactive ketones (excluding diaryl/α,β-unsaturated/α-hetero) is 1. The predicted octanol–water partition coefficient (Wildman–Crippen LogP) is 3.60. The van der Waals surface area contributed by atoms with E-state index in [-0.39, 0.29) is 6.42 Å². The lowest BCUT2D eigenvalue weighted by atomic mass is 9.88. The predicted molar refractivity (Wildman–Crippen MR) is 68.4 cm³/mol. The highest BCUT2D eigenvalue weighted by molar-refractivity contribution is 6.07. The lowest BCUT2D eigenvalue weighted by Crippen LogP contribution is -2.28. The van der Waals surface area contributed by atoms with Gasteiger partial charge in [-0.05, 0) is 18.1 Å². The summed E-state index contributed by atoms with van der Waals surface area (Å²) in [6, 6.07) is 14.3. The number of hydrogen-bond acceptors (Lipinski definition) is 1. The van der Waals surface area contributed by atoms with Crippen molar-refractivity contribution in [2.24, 2.45) is 0 Å². The first kappa shape index (κ1) is 11.1. The van der Waals surface area contributed by atoms with E-state index >= 15 is 4.39 Å². The number of ketones is 1. The van der Waals surface area contributed by atoms with Gasteiger partial charge in [-0.2, -0.15) is 0 Å². The van der Waals surface area contributed by atoms with Crippen molar-refractivity contribution in [3.8, 4) is 0 Å². The van der Waals surface area contributed by atoms with Gasteiger partial charge in [0.05, 0.1) is 0 Å². The van der Waals surface area contributed by atoms with E-state index in [9.17, 15) is 4.79 Å². The summed E-state index contributed by atoms with van der Waals surface area (Å²) in [5, 5.41) is 0. The molecule has 2 aromatic carbocycles. The molecule has 0 aromatic heterocycles. The molecule has 2 aromatic rings. The van der Waals surface area contributed by atoms with Crippen molar-refractivity contribution in [2.45, 2.75) is 19.0 Å². The van der Waals surface area contributed by atoms with Crippen LogP contribution < -0.4 is 0 Å². The number of aryl methyl sites for hydroxylation is 1. The topological polar surface area (TPSA) is 17.1 Å². The molecule has 1 aliphatic carbocycles. The minimum Gasteiger partial charge on any atom is -0.290 e. The molecule has 0 amide bonds. The van der Waals surface area contributed by atoms with E-state index in [1.54, 1.807) is 24.3 Å². The summed E-state index contributed by atoms with van der Waals surface area (Å²) >= 11 is 0. The van der Waals surface area contributed by atoms with E-state index in [1.165, 1.54) is 0 Å². The van der Waals surface area contributed by atoms with E-state index in [0.29, 0.717) is 11.1 Å². The average molecular weight is 240 g/mol. The summed E-state index contributed by atoms with van der Waals surface area (Å²) in [6.07, 6.45) is 0.146. The van der Waals surface area contributed by atoms with E-state index in [4.69, 9.17) is 0 Å². The Morgan fingerprint density at radius 1 is 1.06 bits per heavy atom. The monoisotopic (exact) mass is 240 g/mol. The van der Waals surface area contributed by atoms with Crippen molar-refractivity contribution in [3.05, 3.63) is 70.8 Å². The molecule has 90 valence electrons. The maximum Gasteiger partial charge on any atom is 0.205 e. The van der Waals surface area contributed by atoms with E-state index in [0.717, 1.165) is 11.1 Å². The molecule has 1 nitrogen and oxygen atoms in total. The van der Waals surface area contributed by atoms with Gasteiger partial charge in [-0.15, -0.1) is 0 Å². The van der Waals surface area contributed by atoms with E-state index in [1.807, 2.05) is 31.2 Å². The van der Waals surface area contributed by atoms with Crippen LogP contribution in [-0.4, -0.2) is 5.78 Å². The average Bonchev–Trinajstić information content (AvgIpc) is 2.64. The fraction of sp³-hybridized carbons (Fsp3) is 0.188. The lowest BCUT2D eigenvalue weighted by molar-refractivity contribution is 0.0714. The Kier molecular flexibility index (Phi) is 2.34. The number of alkyl halides is 1. The third-order valence-corrected chi connectivity index (χ3v) is 3.63. The van der Waals surface area contributed by atoms with Gasteiger partial charge in [0.1, 0.15) is 0 Å². The van der Waals surface area contributed by atoms with Crippen LogP contribution in [-0.2, 0) is 12.1 Å². The molecule has 0 fully saturated rings. The standard InChI is InChI=1S/C16H13FO/c1-11-6-2-5-9-14(11)16(17)10-12-7-3-4-8-13(12)15(16)18/h2-9H,10H2,1H3/t16-/m1/s1. The van der Waals surface area contributed by atoms with E-state index < -0.39 is 11.5 Å². The van der Waals surface area contributed by atoms with Crippen LogP contribution in [0.4, 0.5) is 4.39 Å². The van der Waals surface area contributed by atoms with Crippen molar-refractivity contribution in [2.75, 3.05) is 0 Å². The van der Waals surface area contributed by atoms with Crippen LogP contribution >= 0.6 is 0 Å². The Morgan fingerprint density at radius 3 is 2.44 bits per heavy atom. The van der Waals surface area contributed by atoms with Gasteiger partial charge >= 0.3 is 0 Å². The first-order valence-electron chi connectivity index (χ1n) is 6.00. The van der Waals surface area contributed by atoms with Crippen LogP contribution in [0, 0.1) is 6.92 Å². The first-order valence-corrected chi connectivity index (χ1v) is 6.00. The molecule has 0 unspecified atom stereocenters. The molecule has 1 atom stereocenters. The Bertz CT molecular complexity index is 632. The number of carbonyl (C=O) groups excluding carboxylic acids is 1. The summed E-state index contributed by atoms with van der Waals surface area (Å²) in [5.41, 5.74) is 0.735. The number of benzene rings is 2. The third-order valence-electron chi connectivity index (χ3n) is 3.63. The Hall–Kier alpha value is -1.96. The molecule has 0 heterocycles. The van der Waals surface area contributed by atoms with Crippen LogP contribution in [0.1, 0.15) is 27.0 Å². The largest absolute Gasteiger partial charge is 0.290 e. The summed E-state index contributed by atoms with van der Waals surface area (Å²) in [6.45, 7) is 1.84. The van der Waals surface area contributed by atoms with Gasteiger partial charge in [-0.25, -0.2) is 4.39 Å². The molecule has 0 spiro atoms. The minimum absolute atomic E-state index is 0.146. The van der Waals surface area contributed by atoms with Crippen LogP contribution in [0.25, 0.3) is 0 Å². The van der Waals surface area contributed by atoms with Gasteiger partial charge in [-0.1, -0.05) is 48.5 Å². The van der Waals surface area contributed by atoms with E-state index in [2.05, 4.69) is 0 Å². The number of hydrogen-bond donors (Lipinski definition) is 0. The van der Waals surface area contributed by atoms with Crippen LogP contribution in [0.3, 0.4) is 0 Å². The summed E-state index contributed by atoms with van der Waals surface area (Å²) in [7, 11) is 0. The second kappa shape index (κ2) is 3.77. The highest BCUT2D eigenvalue weighted by atomic mass is 19.1. The molecule has 0 aliphatic heterocycles. The molecular weight excluding hydrogens is 227 g/mol. The maximum atomic E-state index is 15.1. The number of fused-ring (bicyclic) bond motifs is 1. The molecule has 18 heavy (non-hydrogen) atoms. The highest BCUT2D eigenvalue weighted by Crippen LogP contribution is 2.41. The normalized spacial score (nSPS) is 22.0. The molecule has 0 bridgehead atoms. The van der Waals surface area contributed by atoms with Crippen molar-refractivity contribution in [1.82, 2.24) is 0 Å². The maximum absolute atomic E-state index is 15.1. The van der Waals surface area contributed by atoms with Crippen molar-refractivity contribution in [1.29, 1.82) is 0 Å². The van der Waals surface area contributed by atoms with Gasteiger partial charge < -0.3 is 0 Å². The third kappa shape index (κ3) is 1.42. The van der Waals surface area contributed by atoms with Gasteiger partial charge in [-0.3, -0.25) is 4.79 Å². The fourth-order valence-corrected chi connectivity index (χ4v) is 2.69.